The van der Waals surface area contributed by atoms with Crippen molar-refractivity contribution in [2.24, 2.45) is 11.8 Å². The highest BCUT2D eigenvalue weighted by Gasteiger charge is 2.62. The number of likely N-dealkylation sites (tertiary alicyclic amines) is 1. The van der Waals surface area contributed by atoms with Crippen LogP contribution in [0.4, 0.5) is 0 Å². The Kier molecular flexibility index (Phi) is 4.79. The lowest BCUT2D eigenvalue weighted by molar-refractivity contribution is -0.122. The van der Waals surface area contributed by atoms with E-state index in [0.29, 0.717) is 31.5 Å². The molecule has 4 heterocycles. The number of aryl methyl sites for hydroxylation is 1. The molecule has 2 bridgehead atoms. The third-order valence-electron chi connectivity index (χ3n) is 6.06. The monoisotopic (exact) mass is 377 g/mol. The summed E-state index contributed by atoms with van der Waals surface area (Å²) in [5.74, 6) is 0.836. The van der Waals surface area contributed by atoms with Crippen molar-refractivity contribution < 1.29 is 14.3 Å². The molecule has 0 unspecified atom stereocenters. The van der Waals surface area contributed by atoms with Crippen LogP contribution in [0.25, 0.3) is 0 Å². The Morgan fingerprint density at radius 3 is 2.96 bits per heavy atom. The predicted octanol–water partition coefficient (Wildman–Crippen LogP) is 1.40. The summed E-state index contributed by atoms with van der Waals surface area (Å²) in [5.41, 5.74) is -0.105. The molecule has 4 rings (SSSR count). The van der Waals surface area contributed by atoms with Gasteiger partial charge in [-0.05, 0) is 38.8 Å². The van der Waals surface area contributed by atoms with Gasteiger partial charge in [0.05, 0.1) is 23.1 Å². The molecule has 1 spiro atoms. The molecule has 3 aliphatic rings. The normalized spacial score (nSPS) is 32.6. The molecule has 6 nitrogen and oxygen atoms in total. The number of fused-ring (bicyclic) bond motifs is 1. The fourth-order valence-corrected chi connectivity index (χ4v) is 5.77. The first-order chi connectivity index (χ1) is 12.5. The van der Waals surface area contributed by atoms with Gasteiger partial charge in [0.25, 0.3) is 5.91 Å². The minimum absolute atomic E-state index is 0.0112. The Balaban J connectivity index is 1.37. The highest BCUT2D eigenvalue weighted by molar-refractivity contribution is 7.13. The van der Waals surface area contributed by atoms with Crippen LogP contribution in [0.1, 0.15) is 34.3 Å². The van der Waals surface area contributed by atoms with Gasteiger partial charge in [-0.25, -0.2) is 0 Å². The second kappa shape index (κ2) is 6.94. The zero-order valence-corrected chi connectivity index (χ0v) is 16.2. The summed E-state index contributed by atoms with van der Waals surface area (Å²) in [6.07, 6.45) is 2.38. The zero-order chi connectivity index (χ0) is 18.3. The van der Waals surface area contributed by atoms with Crippen molar-refractivity contribution in [1.82, 2.24) is 15.5 Å². The number of thiophene rings is 1. The van der Waals surface area contributed by atoms with E-state index in [0.717, 1.165) is 35.7 Å². The standard InChI is InChI=1S/C19H27N3O3S/c1-3-20-17(23)10-22-9-14-13(15-6-7-19(14,11-22)25-15)8-21-18(24)16-5-4-12(2)26-16/h4-5,13-15H,3,6-11H2,1-2H3,(H,20,23)(H,21,24)/t13-,14+,15+,19+/m0/s1. The van der Waals surface area contributed by atoms with Crippen molar-refractivity contribution in [2.45, 2.75) is 38.4 Å². The van der Waals surface area contributed by atoms with Crippen molar-refractivity contribution >= 4 is 23.2 Å². The van der Waals surface area contributed by atoms with E-state index in [-0.39, 0.29) is 23.5 Å². The number of rotatable bonds is 6. The average Bonchev–Trinajstić information content (AvgIpc) is 3.32. The molecule has 3 fully saturated rings. The van der Waals surface area contributed by atoms with Gasteiger partial charge in [-0.3, -0.25) is 14.5 Å². The zero-order valence-electron chi connectivity index (χ0n) is 15.4. The second-order valence-electron chi connectivity index (χ2n) is 7.77. The number of hydrogen-bond acceptors (Lipinski definition) is 5. The Morgan fingerprint density at radius 1 is 1.38 bits per heavy atom. The number of nitrogens with zero attached hydrogens (tertiary/aromatic N) is 1. The minimum atomic E-state index is -0.105. The van der Waals surface area contributed by atoms with Crippen LogP contribution in [0.15, 0.2) is 12.1 Å². The smallest absolute Gasteiger partial charge is 0.261 e. The third kappa shape index (κ3) is 3.17. The largest absolute Gasteiger partial charge is 0.370 e. The SMILES string of the molecule is CCNC(=O)CN1C[C@@H]2[C@H](CNC(=O)c3ccc(C)s3)[C@H]3CC[C@]2(C1)O3. The number of carbonyl (C=O) groups excluding carboxylic acids is 2. The molecule has 0 saturated carbocycles. The van der Waals surface area contributed by atoms with Gasteiger partial charge >= 0.3 is 0 Å². The highest BCUT2D eigenvalue weighted by Crippen LogP contribution is 2.54. The molecule has 3 aliphatic heterocycles. The molecular formula is C19H27N3O3S. The molecule has 3 saturated heterocycles. The lowest BCUT2D eigenvalue weighted by Crippen LogP contribution is -2.41. The van der Waals surface area contributed by atoms with Gasteiger partial charge in [0.1, 0.15) is 0 Å². The Bertz CT molecular complexity index is 706. The Morgan fingerprint density at radius 2 is 2.23 bits per heavy atom. The topological polar surface area (TPSA) is 70.7 Å². The van der Waals surface area contributed by atoms with E-state index in [1.165, 1.54) is 11.3 Å². The first-order valence-corrected chi connectivity index (χ1v) is 10.3. The minimum Gasteiger partial charge on any atom is -0.370 e. The molecule has 1 aromatic heterocycles. The van der Waals surface area contributed by atoms with Gasteiger partial charge in [-0.15, -0.1) is 11.3 Å². The van der Waals surface area contributed by atoms with Crippen LogP contribution in [-0.2, 0) is 9.53 Å². The van der Waals surface area contributed by atoms with Crippen LogP contribution in [0, 0.1) is 18.8 Å². The van der Waals surface area contributed by atoms with E-state index in [2.05, 4.69) is 15.5 Å². The van der Waals surface area contributed by atoms with E-state index in [1.54, 1.807) is 0 Å². The number of ether oxygens (including phenoxy) is 1. The molecule has 2 amide bonds. The van der Waals surface area contributed by atoms with Crippen LogP contribution in [0.5, 0.6) is 0 Å². The van der Waals surface area contributed by atoms with Crippen molar-refractivity contribution in [1.29, 1.82) is 0 Å². The average molecular weight is 378 g/mol. The summed E-state index contributed by atoms with van der Waals surface area (Å²) < 4.78 is 6.39. The number of hydrogen-bond donors (Lipinski definition) is 2. The van der Waals surface area contributed by atoms with E-state index >= 15 is 0 Å². The maximum absolute atomic E-state index is 12.4. The van der Waals surface area contributed by atoms with Gasteiger partial charge in [0.2, 0.25) is 5.91 Å². The van der Waals surface area contributed by atoms with Crippen molar-refractivity contribution in [3.63, 3.8) is 0 Å². The van der Waals surface area contributed by atoms with Crippen molar-refractivity contribution in [3.05, 3.63) is 21.9 Å². The molecule has 2 N–H and O–H groups in total. The van der Waals surface area contributed by atoms with E-state index in [9.17, 15) is 9.59 Å². The van der Waals surface area contributed by atoms with E-state index in [4.69, 9.17) is 4.74 Å². The molecule has 0 aromatic carbocycles. The summed E-state index contributed by atoms with van der Waals surface area (Å²) in [6.45, 7) is 7.42. The highest BCUT2D eigenvalue weighted by atomic mass is 32.1. The molecule has 1 aromatic rings. The van der Waals surface area contributed by atoms with Crippen LogP contribution >= 0.6 is 11.3 Å². The lowest BCUT2D eigenvalue weighted by Gasteiger charge is -2.29. The number of amides is 2. The third-order valence-corrected chi connectivity index (χ3v) is 7.06. The number of nitrogens with one attached hydrogen (secondary N) is 2. The molecule has 4 atom stereocenters. The maximum atomic E-state index is 12.4. The number of likely N-dealkylation sites (N-methyl/N-ethyl adjacent to an activating group) is 1. The molecule has 26 heavy (non-hydrogen) atoms. The molecule has 7 heteroatoms. The second-order valence-corrected chi connectivity index (χ2v) is 9.06. The van der Waals surface area contributed by atoms with Gasteiger partial charge in [0, 0.05) is 42.9 Å². The number of carbonyl (C=O) groups is 2. The lowest BCUT2D eigenvalue weighted by atomic mass is 9.73. The summed E-state index contributed by atoms with van der Waals surface area (Å²) >= 11 is 1.53. The summed E-state index contributed by atoms with van der Waals surface area (Å²) in [4.78, 5) is 28.4. The first kappa shape index (κ1) is 17.9. The van der Waals surface area contributed by atoms with Gasteiger partial charge in [0.15, 0.2) is 0 Å². The van der Waals surface area contributed by atoms with Gasteiger partial charge in [-0.1, -0.05) is 0 Å². The van der Waals surface area contributed by atoms with Crippen LogP contribution in [0.3, 0.4) is 0 Å². The molecule has 0 radical (unpaired) electrons. The summed E-state index contributed by atoms with van der Waals surface area (Å²) in [7, 11) is 0. The maximum Gasteiger partial charge on any atom is 0.261 e. The summed E-state index contributed by atoms with van der Waals surface area (Å²) in [6, 6.07) is 3.86. The van der Waals surface area contributed by atoms with Gasteiger partial charge < -0.3 is 15.4 Å². The molecular weight excluding hydrogens is 350 g/mol. The summed E-state index contributed by atoms with van der Waals surface area (Å²) in [5, 5.41) is 5.99. The van der Waals surface area contributed by atoms with Crippen LogP contribution < -0.4 is 10.6 Å². The fourth-order valence-electron chi connectivity index (χ4n) is 4.99. The predicted molar refractivity (Wildman–Crippen MR) is 100 cm³/mol. The first-order valence-electron chi connectivity index (χ1n) is 9.52. The van der Waals surface area contributed by atoms with Gasteiger partial charge in [-0.2, -0.15) is 0 Å². The Hall–Kier alpha value is -1.44. The van der Waals surface area contributed by atoms with Crippen molar-refractivity contribution in [2.75, 3.05) is 32.7 Å². The molecule has 142 valence electrons. The van der Waals surface area contributed by atoms with E-state index in [1.807, 2.05) is 26.0 Å². The van der Waals surface area contributed by atoms with E-state index < -0.39 is 0 Å². The van der Waals surface area contributed by atoms with Crippen LogP contribution in [-0.4, -0.2) is 61.1 Å². The van der Waals surface area contributed by atoms with Crippen LogP contribution in [0.2, 0.25) is 0 Å². The Labute approximate surface area is 158 Å². The fraction of sp³-hybridized carbons (Fsp3) is 0.684. The van der Waals surface area contributed by atoms with Crippen molar-refractivity contribution in [3.8, 4) is 0 Å². The molecule has 0 aliphatic carbocycles. The quantitative estimate of drug-likeness (QED) is 0.786.